The second kappa shape index (κ2) is 6.21. The minimum absolute atomic E-state index is 0.0221. The average Bonchev–Trinajstić information content (AvgIpc) is 2.50. The van der Waals surface area contributed by atoms with Crippen molar-refractivity contribution >= 4 is 11.7 Å². The number of benzene rings is 1. The number of nitrogen functional groups attached to an aromatic ring is 1. The van der Waals surface area contributed by atoms with Crippen LogP contribution in [0.3, 0.4) is 0 Å². The third-order valence-electron chi connectivity index (χ3n) is 3.06. The van der Waals surface area contributed by atoms with E-state index in [2.05, 4.69) is 5.10 Å². The first-order valence-corrected chi connectivity index (χ1v) is 6.66. The molecule has 1 aromatic carbocycles. The summed E-state index contributed by atoms with van der Waals surface area (Å²) < 4.78 is 6.48. The maximum absolute atomic E-state index is 12.1. The molecule has 0 aliphatic carbocycles. The third kappa shape index (κ3) is 3.28. The van der Waals surface area contributed by atoms with E-state index in [4.69, 9.17) is 10.5 Å². The zero-order valence-corrected chi connectivity index (χ0v) is 11.9. The summed E-state index contributed by atoms with van der Waals surface area (Å²) in [6.45, 7) is 3.85. The van der Waals surface area contributed by atoms with Crippen molar-refractivity contribution in [2.45, 2.75) is 26.5 Å². The van der Waals surface area contributed by atoms with Crippen LogP contribution in [0.2, 0.25) is 0 Å². The van der Waals surface area contributed by atoms with E-state index in [1.165, 1.54) is 6.07 Å². The van der Waals surface area contributed by atoms with E-state index >= 15 is 0 Å². The van der Waals surface area contributed by atoms with Gasteiger partial charge in [-0.2, -0.15) is 5.10 Å². The predicted octanol–water partition coefficient (Wildman–Crippen LogP) is 1.76. The largest absolute Gasteiger partial charge is 0.453 e. The molecule has 0 bridgehead atoms. The Kier molecular flexibility index (Phi) is 4.37. The topological polar surface area (TPSA) is 87.2 Å². The van der Waals surface area contributed by atoms with Crippen LogP contribution in [0.25, 0.3) is 0 Å². The van der Waals surface area contributed by atoms with E-state index in [-0.39, 0.29) is 11.4 Å². The van der Waals surface area contributed by atoms with Crippen LogP contribution in [0.15, 0.2) is 41.2 Å². The summed E-state index contributed by atoms with van der Waals surface area (Å²) in [6.07, 6.45) is -0.413. The first kappa shape index (κ1) is 14.8. The van der Waals surface area contributed by atoms with Crippen molar-refractivity contribution in [3.8, 4) is 0 Å². The Labute approximate surface area is 122 Å². The highest BCUT2D eigenvalue weighted by molar-refractivity contribution is 5.88. The van der Waals surface area contributed by atoms with Gasteiger partial charge in [0.1, 0.15) is 11.8 Å². The number of hydrogen-bond acceptors (Lipinski definition) is 5. The number of aryl methyl sites for hydroxylation is 1. The van der Waals surface area contributed by atoms with Gasteiger partial charge in [-0.3, -0.25) is 4.79 Å². The summed E-state index contributed by atoms with van der Waals surface area (Å²) >= 11 is 0. The predicted molar refractivity (Wildman–Crippen MR) is 78.9 cm³/mol. The van der Waals surface area contributed by atoms with Gasteiger partial charge < -0.3 is 10.5 Å². The molecule has 2 rings (SSSR count). The smallest absolute Gasteiger partial charge is 0.359 e. The lowest BCUT2D eigenvalue weighted by Crippen LogP contribution is -2.27. The number of aromatic nitrogens is 2. The monoisotopic (exact) mass is 287 g/mol. The molecule has 1 atom stereocenters. The molecule has 6 heteroatoms. The normalized spacial score (nSPS) is 11.9. The van der Waals surface area contributed by atoms with E-state index in [1.807, 2.05) is 30.3 Å². The Hall–Kier alpha value is -2.63. The Morgan fingerprint density at radius 1 is 1.38 bits per heavy atom. The van der Waals surface area contributed by atoms with Gasteiger partial charge in [-0.05, 0) is 19.4 Å². The van der Waals surface area contributed by atoms with Crippen molar-refractivity contribution in [3.05, 3.63) is 58.0 Å². The minimum Gasteiger partial charge on any atom is -0.453 e. The number of ether oxygens (including phenoxy) is 1. The summed E-state index contributed by atoms with van der Waals surface area (Å²) in [5.74, 6) is -0.611. The van der Waals surface area contributed by atoms with Crippen molar-refractivity contribution in [1.82, 2.24) is 9.78 Å². The molecule has 2 N–H and O–H groups in total. The molecule has 6 nitrogen and oxygen atoms in total. The highest BCUT2D eigenvalue weighted by Gasteiger charge is 2.17. The van der Waals surface area contributed by atoms with Crippen molar-refractivity contribution in [2.24, 2.45) is 0 Å². The Morgan fingerprint density at radius 2 is 2.05 bits per heavy atom. The highest BCUT2D eigenvalue weighted by Crippen LogP contribution is 2.17. The van der Waals surface area contributed by atoms with E-state index < -0.39 is 17.6 Å². The number of anilines is 1. The molecule has 0 aliphatic heterocycles. The molecule has 0 saturated heterocycles. The first-order valence-electron chi connectivity index (χ1n) is 6.66. The fraction of sp³-hybridized carbons (Fsp3) is 0.267. The number of hydrogen-bond donors (Lipinski definition) is 1. The number of carbonyl (C=O) groups excluding carboxylic acids is 1. The van der Waals surface area contributed by atoms with Gasteiger partial charge in [0.15, 0.2) is 5.69 Å². The molecule has 2 aromatic rings. The number of nitrogens with two attached hydrogens (primary N) is 1. The molecule has 110 valence electrons. The van der Waals surface area contributed by atoms with Crippen LogP contribution in [0, 0.1) is 0 Å². The summed E-state index contributed by atoms with van der Waals surface area (Å²) in [5.41, 5.74) is 6.06. The highest BCUT2D eigenvalue weighted by atomic mass is 16.5. The second-order valence-corrected chi connectivity index (χ2v) is 4.56. The Balaban J connectivity index is 2.21. The van der Waals surface area contributed by atoms with Crippen LogP contribution in [-0.2, 0) is 11.3 Å². The van der Waals surface area contributed by atoms with E-state index in [0.29, 0.717) is 6.54 Å². The molecule has 1 aromatic heterocycles. The summed E-state index contributed by atoms with van der Waals surface area (Å²) in [5, 5.41) is 3.95. The lowest BCUT2D eigenvalue weighted by atomic mass is 10.1. The van der Waals surface area contributed by atoms with Crippen LogP contribution < -0.4 is 11.3 Å². The van der Waals surface area contributed by atoms with Gasteiger partial charge in [0.2, 0.25) is 0 Å². The summed E-state index contributed by atoms with van der Waals surface area (Å²) in [4.78, 5) is 23.7. The Bertz CT molecular complexity index is 695. The molecule has 21 heavy (non-hydrogen) atoms. The van der Waals surface area contributed by atoms with Gasteiger partial charge in [-0.15, -0.1) is 0 Å². The zero-order chi connectivity index (χ0) is 15.4. The molecular formula is C15H17N3O3. The molecule has 0 aliphatic rings. The first-order chi connectivity index (χ1) is 10.0. The van der Waals surface area contributed by atoms with Gasteiger partial charge in [0, 0.05) is 12.6 Å². The maximum atomic E-state index is 12.1. The number of nitrogens with zero attached hydrogens (tertiary/aromatic N) is 2. The van der Waals surface area contributed by atoms with Crippen molar-refractivity contribution < 1.29 is 9.53 Å². The molecular weight excluding hydrogens is 270 g/mol. The van der Waals surface area contributed by atoms with Gasteiger partial charge in [-0.25, -0.2) is 9.48 Å². The molecule has 1 heterocycles. The fourth-order valence-corrected chi connectivity index (χ4v) is 1.89. The van der Waals surface area contributed by atoms with Gasteiger partial charge in [-0.1, -0.05) is 30.3 Å². The molecule has 1 unspecified atom stereocenters. The van der Waals surface area contributed by atoms with Gasteiger partial charge in [0.25, 0.3) is 5.56 Å². The summed E-state index contributed by atoms with van der Waals surface area (Å²) in [6, 6.07) is 10.6. The number of carbonyl (C=O) groups is 1. The van der Waals surface area contributed by atoms with Crippen LogP contribution >= 0.6 is 0 Å². The lowest BCUT2D eigenvalue weighted by Gasteiger charge is -2.13. The molecule has 0 amide bonds. The van der Waals surface area contributed by atoms with Crippen molar-refractivity contribution in [2.75, 3.05) is 5.73 Å². The molecule has 0 saturated carbocycles. The maximum Gasteiger partial charge on any atom is 0.359 e. The number of rotatable bonds is 4. The van der Waals surface area contributed by atoms with Gasteiger partial charge >= 0.3 is 5.97 Å². The third-order valence-corrected chi connectivity index (χ3v) is 3.06. The lowest BCUT2D eigenvalue weighted by molar-refractivity contribution is 0.0328. The average molecular weight is 287 g/mol. The number of esters is 1. The van der Waals surface area contributed by atoms with Crippen molar-refractivity contribution in [3.63, 3.8) is 0 Å². The SMILES string of the molecule is CCn1nc(C(=O)OC(C)c2ccccc2)cc(N)c1=O. The van der Waals surface area contributed by atoms with Crippen LogP contribution in [0.4, 0.5) is 5.69 Å². The zero-order valence-electron chi connectivity index (χ0n) is 11.9. The second-order valence-electron chi connectivity index (χ2n) is 4.56. The quantitative estimate of drug-likeness (QED) is 0.866. The minimum atomic E-state index is -0.611. The van der Waals surface area contributed by atoms with Crippen LogP contribution in [0.1, 0.15) is 36.0 Å². The van der Waals surface area contributed by atoms with E-state index in [1.54, 1.807) is 13.8 Å². The summed E-state index contributed by atoms with van der Waals surface area (Å²) in [7, 11) is 0. The standard InChI is InChI=1S/C15H17N3O3/c1-3-18-14(19)12(16)9-13(17-18)15(20)21-10(2)11-7-5-4-6-8-11/h4-10H,3,16H2,1-2H3. The Morgan fingerprint density at radius 3 is 2.67 bits per heavy atom. The fourth-order valence-electron chi connectivity index (χ4n) is 1.89. The molecule has 0 radical (unpaired) electrons. The van der Waals surface area contributed by atoms with Crippen molar-refractivity contribution in [1.29, 1.82) is 0 Å². The van der Waals surface area contributed by atoms with Crippen LogP contribution in [0.5, 0.6) is 0 Å². The molecule has 0 fully saturated rings. The van der Waals surface area contributed by atoms with E-state index in [9.17, 15) is 9.59 Å². The van der Waals surface area contributed by atoms with E-state index in [0.717, 1.165) is 10.2 Å². The van der Waals surface area contributed by atoms with Crippen LogP contribution in [-0.4, -0.2) is 15.7 Å². The van der Waals surface area contributed by atoms with Gasteiger partial charge in [0.05, 0.1) is 0 Å². The molecule has 0 spiro atoms.